The Balaban J connectivity index is 0.00000267. The van der Waals surface area contributed by atoms with E-state index in [2.05, 4.69) is 61.6 Å². The van der Waals surface area contributed by atoms with E-state index in [1.165, 1.54) is 19.3 Å². The van der Waals surface area contributed by atoms with Crippen LogP contribution in [-0.2, 0) is 19.5 Å². The van der Waals surface area contributed by atoms with E-state index in [-0.39, 0.29) is 17.0 Å². The molecule has 7 nitrogen and oxygen atoms in total. The van der Waals surface area contributed by atoms with Gasteiger partial charge in [0, 0.05) is 36.0 Å². The number of ether oxygens (including phenoxy) is 2. The topological polar surface area (TPSA) is 66.5 Å². The second-order valence-corrected chi connectivity index (χ2v) is 9.56. The van der Waals surface area contributed by atoms with Gasteiger partial charge in [-0.15, -0.1) is 45.1 Å². The fraction of sp³-hybridized carbons (Fsp3) is 0.296. The van der Waals surface area contributed by atoms with Crippen LogP contribution in [0.4, 0.5) is 5.69 Å². The Morgan fingerprint density at radius 2 is 1.78 bits per heavy atom. The number of thiazole rings is 1. The highest BCUT2D eigenvalue weighted by Gasteiger charge is 2.17. The van der Waals surface area contributed by atoms with Crippen molar-refractivity contribution < 1.29 is 9.47 Å². The van der Waals surface area contributed by atoms with Crippen molar-refractivity contribution in [1.29, 1.82) is 0 Å². The van der Waals surface area contributed by atoms with E-state index >= 15 is 0 Å². The molecule has 2 aromatic carbocycles. The molecule has 0 spiro atoms. The van der Waals surface area contributed by atoms with Crippen LogP contribution in [0.5, 0.6) is 11.5 Å². The van der Waals surface area contributed by atoms with Gasteiger partial charge >= 0.3 is 0 Å². The number of fused-ring (bicyclic) bond motifs is 2. The predicted molar refractivity (Wildman–Crippen MR) is 147 cm³/mol. The van der Waals surface area contributed by atoms with Crippen molar-refractivity contribution in [1.82, 2.24) is 19.3 Å². The molecular formula is C27H28BrN5O2S. The lowest BCUT2D eigenvalue weighted by atomic mass is 10.1. The number of hydrogen-bond acceptors (Lipinski definition) is 6. The summed E-state index contributed by atoms with van der Waals surface area (Å²) in [5.41, 5.74) is 4.12. The summed E-state index contributed by atoms with van der Waals surface area (Å²) in [6.45, 7) is 6.76. The molecule has 0 unspecified atom stereocenters. The minimum atomic E-state index is 0. The van der Waals surface area contributed by atoms with Crippen LogP contribution in [0.2, 0.25) is 0 Å². The summed E-state index contributed by atoms with van der Waals surface area (Å²) >= 11 is 1.62. The molecule has 36 heavy (non-hydrogen) atoms. The van der Waals surface area contributed by atoms with Crippen LogP contribution >= 0.6 is 28.3 Å². The number of aryl methyl sites for hydroxylation is 1. The van der Waals surface area contributed by atoms with Crippen LogP contribution in [-0.4, -0.2) is 32.5 Å². The molecule has 4 aromatic rings. The number of benzene rings is 2. The number of allylic oxidation sites excluding steroid dienone is 1. The third-order valence-corrected chi connectivity index (χ3v) is 7.27. The maximum Gasteiger partial charge on any atom is 0.190 e. The molecule has 0 radical (unpaired) electrons. The van der Waals surface area contributed by atoms with Crippen LogP contribution < -0.4 is 14.3 Å². The highest BCUT2D eigenvalue weighted by molar-refractivity contribution is 8.93. The quantitative estimate of drug-likeness (QED) is 0.279. The Morgan fingerprint density at radius 1 is 0.972 bits per heavy atom. The van der Waals surface area contributed by atoms with Crippen LogP contribution in [0, 0.1) is 0 Å². The lowest BCUT2D eigenvalue weighted by Gasteiger charge is -2.19. The molecule has 0 N–H and O–H groups in total. The monoisotopic (exact) mass is 565 g/mol. The Bertz CT molecular complexity index is 1440. The van der Waals surface area contributed by atoms with E-state index in [4.69, 9.17) is 14.5 Å². The number of aromatic nitrogens is 4. The maximum atomic E-state index is 5.79. The minimum absolute atomic E-state index is 0. The van der Waals surface area contributed by atoms with E-state index in [1.54, 1.807) is 11.3 Å². The van der Waals surface area contributed by atoms with Gasteiger partial charge in [0.1, 0.15) is 19.0 Å². The summed E-state index contributed by atoms with van der Waals surface area (Å²) in [5.74, 6) is 3.62. The van der Waals surface area contributed by atoms with E-state index in [0.717, 1.165) is 63.4 Å². The van der Waals surface area contributed by atoms with E-state index < -0.39 is 0 Å². The number of nitrogens with zero attached hydrogens (tertiary/aromatic N) is 5. The summed E-state index contributed by atoms with van der Waals surface area (Å²) in [4.78, 5) is 5.87. The fourth-order valence-electron chi connectivity index (χ4n) is 4.65. The number of halogens is 1. The Hall–Kier alpha value is -3.17. The molecule has 9 heteroatoms. The molecular weight excluding hydrogens is 538 g/mol. The fourth-order valence-corrected chi connectivity index (χ4v) is 5.59. The molecule has 2 aliphatic rings. The van der Waals surface area contributed by atoms with Crippen molar-refractivity contribution in [3.05, 3.63) is 71.1 Å². The molecule has 0 amide bonds. The normalized spacial score (nSPS) is 15.1. The smallest absolute Gasteiger partial charge is 0.190 e. The summed E-state index contributed by atoms with van der Waals surface area (Å²) < 4.78 is 15.9. The number of rotatable bonds is 5. The minimum Gasteiger partial charge on any atom is -0.486 e. The molecule has 2 aliphatic heterocycles. The Kier molecular flexibility index (Phi) is 7.38. The first-order valence-corrected chi connectivity index (χ1v) is 12.9. The van der Waals surface area contributed by atoms with Gasteiger partial charge in [-0.25, -0.2) is 4.99 Å². The molecule has 6 rings (SSSR count). The van der Waals surface area contributed by atoms with Gasteiger partial charge in [0.25, 0.3) is 0 Å². The Morgan fingerprint density at radius 3 is 2.61 bits per heavy atom. The highest BCUT2D eigenvalue weighted by Crippen LogP contribution is 2.35. The molecule has 0 aliphatic carbocycles. The summed E-state index contributed by atoms with van der Waals surface area (Å²) in [7, 11) is 0. The molecule has 0 fully saturated rings. The standard InChI is InChI=1S/C27H27N5O2S.BrH/c1-2-13-31-22(20-9-12-23-24(17-20)34-16-15-33-23)18-35-27(31)28-21-10-7-19(8-11-21)26-30-29-25-6-4-3-5-14-32(25)26;/h2,7-12,17-18H,1,3-6,13-16H2;1H. The van der Waals surface area contributed by atoms with Crippen LogP contribution in [0.3, 0.4) is 0 Å². The second kappa shape index (κ2) is 10.8. The van der Waals surface area contributed by atoms with Gasteiger partial charge in [-0.1, -0.05) is 12.5 Å². The van der Waals surface area contributed by atoms with Crippen molar-refractivity contribution in [3.8, 4) is 34.1 Å². The second-order valence-electron chi connectivity index (χ2n) is 8.72. The zero-order chi connectivity index (χ0) is 23.6. The summed E-state index contributed by atoms with van der Waals surface area (Å²) in [6.07, 6.45) is 6.52. The average Bonchev–Trinajstić information content (AvgIpc) is 3.40. The van der Waals surface area contributed by atoms with Crippen LogP contribution in [0.15, 0.2) is 65.5 Å². The Labute approximate surface area is 224 Å². The first kappa shape index (κ1) is 24.5. The highest BCUT2D eigenvalue weighted by atomic mass is 79.9. The van der Waals surface area contributed by atoms with Gasteiger partial charge in [0.15, 0.2) is 22.1 Å². The first-order valence-electron chi connectivity index (χ1n) is 12.1. The van der Waals surface area contributed by atoms with Gasteiger partial charge in [-0.05, 0) is 55.3 Å². The predicted octanol–water partition coefficient (Wildman–Crippen LogP) is 5.97. The third kappa shape index (κ3) is 4.77. The van der Waals surface area contributed by atoms with Crippen molar-refractivity contribution in [2.24, 2.45) is 4.99 Å². The molecule has 186 valence electrons. The molecule has 0 saturated heterocycles. The third-order valence-electron chi connectivity index (χ3n) is 6.41. The molecule has 4 heterocycles. The van der Waals surface area contributed by atoms with E-state index in [0.29, 0.717) is 19.8 Å². The SMILES string of the molecule is Br.C=CCn1c(-c2ccc3c(c2)OCCO3)csc1=Nc1ccc(-c2nnc3n2CCCCC3)cc1. The van der Waals surface area contributed by atoms with Crippen molar-refractivity contribution in [2.75, 3.05) is 13.2 Å². The molecule has 0 bridgehead atoms. The maximum absolute atomic E-state index is 5.79. The van der Waals surface area contributed by atoms with Gasteiger partial charge in [0.05, 0.1) is 11.4 Å². The molecule has 2 aromatic heterocycles. The van der Waals surface area contributed by atoms with Crippen LogP contribution in [0.25, 0.3) is 22.6 Å². The van der Waals surface area contributed by atoms with Gasteiger partial charge in [-0.3, -0.25) is 0 Å². The van der Waals surface area contributed by atoms with E-state index in [1.807, 2.05) is 18.2 Å². The van der Waals surface area contributed by atoms with Crippen molar-refractivity contribution in [3.63, 3.8) is 0 Å². The molecule has 0 saturated carbocycles. The van der Waals surface area contributed by atoms with Crippen molar-refractivity contribution >= 4 is 34.0 Å². The van der Waals surface area contributed by atoms with Crippen molar-refractivity contribution in [2.45, 2.75) is 38.8 Å². The first-order chi connectivity index (χ1) is 17.3. The van der Waals surface area contributed by atoms with Gasteiger partial charge in [-0.2, -0.15) is 0 Å². The zero-order valence-electron chi connectivity index (χ0n) is 19.9. The lowest BCUT2D eigenvalue weighted by molar-refractivity contribution is 0.171. The van der Waals surface area contributed by atoms with Gasteiger partial charge < -0.3 is 18.6 Å². The lowest BCUT2D eigenvalue weighted by Crippen LogP contribution is -2.16. The van der Waals surface area contributed by atoms with Crippen LogP contribution in [0.1, 0.15) is 25.1 Å². The number of hydrogen-bond donors (Lipinski definition) is 0. The van der Waals surface area contributed by atoms with Gasteiger partial charge in [0.2, 0.25) is 0 Å². The molecule has 0 atom stereocenters. The average molecular weight is 567 g/mol. The summed E-state index contributed by atoms with van der Waals surface area (Å²) in [6, 6.07) is 14.4. The largest absolute Gasteiger partial charge is 0.486 e. The zero-order valence-corrected chi connectivity index (χ0v) is 22.5. The summed E-state index contributed by atoms with van der Waals surface area (Å²) in [5, 5.41) is 11.0. The van der Waals surface area contributed by atoms with E-state index in [9.17, 15) is 0 Å².